The first-order chi connectivity index (χ1) is 7.33. The highest BCUT2D eigenvalue weighted by molar-refractivity contribution is 5.51. The van der Waals surface area contributed by atoms with Crippen LogP contribution in [-0.4, -0.2) is 30.7 Å². The van der Waals surface area contributed by atoms with E-state index in [2.05, 4.69) is 35.1 Å². The fraction of sp³-hybridized carbons (Fsp3) is 0.583. The maximum absolute atomic E-state index is 4.36. The minimum atomic E-state index is 0.613. The third kappa shape index (κ3) is 2.12. The molecule has 2 rings (SSSR count). The summed E-state index contributed by atoms with van der Waals surface area (Å²) < 4.78 is 0. The smallest absolute Gasteiger partial charge is 0.0605 e. The fourth-order valence-corrected chi connectivity index (χ4v) is 2.22. The van der Waals surface area contributed by atoms with E-state index in [1.807, 2.05) is 12.3 Å². The Balaban J connectivity index is 2.24. The lowest BCUT2D eigenvalue weighted by atomic mass is 10.1. The van der Waals surface area contributed by atoms with Gasteiger partial charge in [-0.2, -0.15) is 0 Å². The zero-order valence-electron chi connectivity index (χ0n) is 9.53. The molecular weight excluding hydrogens is 186 g/mol. The third-order valence-electron chi connectivity index (χ3n) is 3.11. The molecule has 1 unspecified atom stereocenters. The van der Waals surface area contributed by atoms with Gasteiger partial charge < -0.3 is 10.2 Å². The Morgan fingerprint density at radius 3 is 3.20 bits per heavy atom. The van der Waals surface area contributed by atoms with Crippen LogP contribution in [0.3, 0.4) is 0 Å². The van der Waals surface area contributed by atoms with Crippen molar-refractivity contribution in [3.8, 4) is 0 Å². The molecule has 1 aromatic heterocycles. The molecule has 3 heteroatoms. The van der Waals surface area contributed by atoms with Gasteiger partial charge in [0.2, 0.25) is 0 Å². The van der Waals surface area contributed by atoms with Crippen LogP contribution in [0.15, 0.2) is 18.3 Å². The molecule has 1 aromatic rings. The van der Waals surface area contributed by atoms with Gasteiger partial charge >= 0.3 is 0 Å². The second-order valence-corrected chi connectivity index (χ2v) is 4.07. The lowest BCUT2D eigenvalue weighted by molar-refractivity contribution is 0.465. The summed E-state index contributed by atoms with van der Waals surface area (Å²) in [6, 6.07) is 4.81. The molecule has 0 amide bonds. The van der Waals surface area contributed by atoms with Crippen LogP contribution in [0, 0.1) is 6.92 Å². The molecule has 2 heterocycles. The molecule has 1 N–H and O–H groups in total. The van der Waals surface area contributed by atoms with E-state index in [1.165, 1.54) is 12.1 Å². The van der Waals surface area contributed by atoms with Crippen molar-refractivity contribution in [3.05, 3.63) is 24.0 Å². The molecule has 15 heavy (non-hydrogen) atoms. The highest BCUT2D eigenvalue weighted by atomic mass is 15.2. The fourth-order valence-electron chi connectivity index (χ4n) is 2.22. The molecular formula is C12H19N3. The Kier molecular flexibility index (Phi) is 3.21. The van der Waals surface area contributed by atoms with Gasteiger partial charge in [-0.1, -0.05) is 6.92 Å². The summed E-state index contributed by atoms with van der Waals surface area (Å²) >= 11 is 0. The molecule has 1 atom stereocenters. The summed E-state index contributed by atoms with van der Waals surface area (Å²) in [4.78, 5) is 6.85. The van der Waals surface area contributed by atoms with Crippen molar-refractivity contribution >= 4 is 5.69 Å². The van der Waals surface area contributed by atoms with Gasteiger partial charge in [0.25, 0.3) is 0 Å². The van der Waals surface area contributed by atoms with Gasteiger partial charge in [-0.15, -0.1) is 0 Å². The summed E-state index contributed by atoms with van der Waals surface area (Å²) in [7, 11) is 0. The van der Waals surface area contributed by atoms with Gasteiger partial charge in [-0.25, -0.2) is 0 Å². The van der Waals surface area contributed by atoms with Crippen molar-refractivity contribution < 1.29 is 0 Å². The number of rotatable bonds is 2. The number of hydrogen-bond donors (Lipinski definition) is 1. The number of hydrogen-bond acceptors (Lipinski definition) is 3. The van der Waals surface area contributed by atoms with Crippen LogP contribution >= 0.6 is 0 Å². The van der Waals surface area contributed by atoms with Crippen molar-refractivity contribution in [2.24, 2.45) is 0 Å². The predicted octanol–water partition coefficient (Wildman–Crippen LogP) is 1.58. The Hall–Kier alpha value is -1.09. The molecule has 0 radical (unpaired) electrons. The highest BCUT2D eigenvalue weighted by Gasteiger charge is 2.21. The number of nitrogens with zero attached hydrogens (tertiary/aromatic N) is 2. The SMILES string of the molecule is CCC1CNCCN1c1cccnc1C. The van der Waals surface area contributed by atoms with Crippen molar-refractivity contribution in [2.75, 3.05) is 24.5 Å². The molecule has 0 saturated carbocycles. The number of piperazine rings is 1. The Labute approximate surface area is 91.5 Å². The van der Waals surface area contributed by atoms with Gasteiger partial charge in [0, 0.05) is 31.9 Å². The lowest BCUT2D eigenvalue weighted by Crippen LogP contribution is -2.51. The van der Waals surface area contributed by atoms with E-state index >= 15 is 0 Å². The van der Waals surface area contributed by atoms with E-state index in [9.17, 15) is 0 Å². The van der Waals surface area contributed by atoms with Gasteiger partial charge in [0.15, 0.2) is 0 Å². The Bertz CT molecular complexity index is 324. The van der Waals surface area contributed by atoms with E-state index in [0.717, 1.165) is 25.3 Å². The molecule has 3 nitrogen and oxygen atoms in total. The van der Waals surface area contributed by atoms with Crippen LogP contribution in [0.25, 0.3) is 0 Å². The lowest BCUT2D eigenvalue weighted by Gasteiger charge is -2.38. The maximum Gasteiger partial charge on any atom is 0.0605 e. The quantitative estimate of drug-likeness (QED) is 0.794. The Morgan fingerprint density at radius 1 is 1.60 bits per heavy atom. The normalized spacial score (nSPS) is 21.7. The first-order valence-electron chi connectivity index (χ1n) is 5.72. The molecule has 1 aliphatic heterocycles. The maximum atomic E-state index is 4.36. The summed E-state index contributed by atoms with van der Waals surface area (Å²) in [5, 5.41) is 3.44. The third-order valence-corrected chi connectivity index (χ3v) is 3.11. The van der Waals surface area contributed by atoms with Crippen LogP contribution in [0.2, 0.25) is 0 Å². The largest absolute Gasteiger partial charge is 0.365 e. The van der Waals surface area contributed by atoms with E-state index in [1.54, 1.807) is 0 Å². The molecule has 1 saturated heterocycles. The van der Waals surface area contributed by atoms with Gasteiger partial charge in [-0.3, -0.25) is 4.98 Å². The number of pyridine rings is 1. The molecule has 0 aromatic carbocycles. The van der Waals surface area contributed by atoms with Gasteiger partial charge in [0.05, 0.1) is 11.4 Å². The predicted molar refractivity (Wildman–Crippen MR) is 63.3 cm³/mol. The van der Waals surface area contributed by atoms with E-state index in [4.69, 9.17) is 0 Å². The second-order valence-electron chi connectivity index (χ2n) is 4.07. The van der Waals surface area contributed by atoms with Crippen LogP contribution in [0.4, 0.5) is 5.69 Å². The van der Waals surface area contributed by atoms with Gasteiger partial charge in [-0.05, 0) is 25.5 Å². The summed E-state index contributed by atoms with van der Waals surface area (Å²) in [6.45, 7) is 7.58. The Morgan fingerprint density at radius 2 is 2.47 bits per heavy atom. The van der Waals surface area contributed by atoms with Crippen molar-refractivity contribution in [3.63, 3.8) is 0 Å². The zero-order chi connectivity index (χ0) is 10.7. The van der Waals surface area contributed by atoms with Crippen molar-refractivity contribution in [2.45, 2.75) is 26.3 Å². The average molecular weight is 205 g/mol. The summed E-state index contributed by atoms with van der Waals surface area (Å²) in [5.74, 6) is 0. The first-order valence-corrected chi connectivity index (χ1v) is 5.72. The molecule has 0 bridgehead atoms. The van der Waals surface area contributed by atoms with Crippen LogP contribution in [0.5, 0.6) is 0 Å². The number of aromatic nitrogens is 1. The zero-order valence-corrected chi connectivity index (χ0v) is 9.53. The monoisotopic (exact) mass is 205 g/mol. The van der Waals surface area contributed by atoms with E-state index in [-0.39, 0.29) is 0 Å². The van der Waals surface area contributed by atoms with Crippen LogP contribution in [-0.2, 0) is 0 Å². The first kappa shape index (κ1) is 10.4. The standard InChI is InChI=1S/C12H19N3/c1-3-11-9-13-7-8-15(11)12-5-4-6-14-10(12)2/h4-6,11,13H,3,7-9H2,1-2H3. The molecule has 1 aliphatic rings. The van der Waals surface area contributed by atoms with E-state index < -0.39 is 0 Å². The number of nitrogens with one attached hydrogen (secondary N) is 1. The topological polar surface area (TPSA) is 28.2 Å². The summed E-state index contributed by atoms with van der Waals surface area (Å²) in [5.41, 5.74) is 2.43. The van der Waals surface area contributed by atoms with Crippen LogP contribution < -0.4 is 10.2 Å². The molecule has 1 fully saturated rings. The highest BCUT2D eigenvalue weighted by Crippen LogP contribution is 2.21. The van der Waals surface area contributed by atoms with Gasteiger partial charge in [0.1, 0.15) is 0 Å². The molecule has 0 spiro atoms. The van der Waals surface area contributed by atoms with E-state index in [0.29, 0.717) is 6.04 Å². The molecule has 0 aliphatic carbocycles. The second kappa shape index (κ2) is 4.62. The van der Waals surface area contributed by atoms with Crippen LogP contribution in [0.1, 0.15) is 19.0 Å². The average Bonchev–Trinajstić information content (AvgIpc) is 2.30. The number of aryl methyl sites for hydroxylation is 1. The summed E-state index contributed by atoms with van der Waals surface area (Å²) in [6.07, 6.45) is 3.04. The minimum absolute atomic E-state index is 0.613. The number of anilines is 1. The van der Waals surface area contributed by atoms with Crippen molar-refractivity contribution in [1.82, 2.24) is 10.3 Å². The minimum Gasteiger partial charge on any atom is -0.365 e. The van der Waals surface area contributed by atoms with Crippen molar-refractivity contribution in [1.29, 1.82) is 0 Å². The molecule has 82 valence electrons.